The predicted octanol–water partition coefficient (Wildman–Crippen LogP) is 4.39. The minimum absolute atomic E-state index is 0.382. The lowest BCUT2D eigenvalue weighted by atomic mass is 10.0. The Morgan fingerprint density at radius 3 is 2.71 bits per heavy atom. The zero-order valence-corrected chi connectivity index (χ0v) is 15.0. The molecule has 1 heterocycles. The molecule has 1 fully saturated rings. The van der Waals surface area contributed by atoms with Crippen LogP contribution in [0.25, 0.3) is 0 Å². The highest BCUT2D eigenvalue weighted by Crippen LogP contribution is 2.17. The third-order valence-electron chi connectivity index (χ3n) is 5.07. The summed E-state index contributed by atoms with van der Waals surface area (Å²) in [6.45, 7) is 8.50. The zero-order valence-electron chi connectivity index (χ0n) is 15.0. The van der Waals surface area contributed by atoms with Crippen LogP contribution in [0.15, 0.2) is 48.5 Å². The second-order valence-corrected chi connectivity index (χ2v) is 6.87. The van der Waals surface area contributed by atoms with Crippen LogP contribution in [0, 0.1) is 6.92 Å². The number of nitrogens with zero attached hydrogens (tertiary/aromatic N) is 1. The highest BCUT2D eigenvalue weighted by molar-refractivity contribution is 5.30. The molecule has 1 aliphatic rings. The van der Waals surface area contributed by atoms with Gasteiger partial charge in [-0.25, -0.2) is 0 Å². The molecule has 128 valence electrons. The molecule has 0 N–H and O–H groups in total. The Morgan fingerprint density at radius 1 is 1.08 bits per heavy atom. The van der Waals surface area contributed by atoms with E-state index >= 15 is 0 Å². The SMILES string of the molecule is CCc1cc(COC2CCN(CCc3ccccc3)C2)ccc1C. The molecule has 1 aliphatic heterocycles. The normalized spacial score (nSPS) is 18.2. The van der Waals surface area contributed by atoms with Crippen molar-refractivity contribution in [3.8, 4) is 0 Å². The van der Waals surface area contributed by atoms with Gasteiger partial charge in [-0.05, 0) is 48.4 Å². The molecule has 1 atom stereocenters. The van der Waals surface area contributed by atoms with Crippen LogP contribution >= 0.6 is 0 Å². The van der Waals surface area contributed by atoms with Gasteiger partial charge in [0.1, 0.15) is 0 Å². The van der Waals surface area contributed by atoms with E-state index in [2.05, 4.69) is 67.3 Å². The van der Waals surface area contributed by atoms with E-state index in [0.29, 0.717) is 6.10 Å². The molecule has 0 amide bonds. The van der Waals surface area contributed by atoms with Crippen molar-refractivity contribution in [3.05, 3.63) is 70.8 Å². The Bertz CT molecular complexity index is 638. The lowest BCUT2D eigenvalue weighted by Gasteiger charge is -2.16. The maximum Gasteiger partial charge on any atom is 0.0721 e. The lowest BCUT2D eigenvalue weighted by Crippen LogP contribution is -2.25. The fourth-order valence-corrected chi connectivity index (χ4v) is 3.48. The quantitative estimate of drug-likeness (QED) is 0.749. The third kappa shape index (κ3) is 4.68. The molecule has 0 saturated carbocycles. The van der Waals surface area contributed by atoms with Gasteiger partial charge in [-0.15, -0.1) is 0 Å². The van der Waals surface area contributed by atoms with E-state index in [0.717, 1.165) is 45.5 Å². The summed E-state index contributed by atoms with van der Waals surface area (Å²) in [4.78, 5) is 2.53. The van der Waals surface area contributed by atoms with Gasteiger partial charge in [0.05, 0.1) is 12.7 Å². The summed E-state index contributed by atoms with van der Waals surface area (Å²) in [5.74, 6) is 0. The molecule has 0 aliphatic carbocycles. The lowest BCUT2D eigenvalue weighted by molar-refractivity contribution is 0.0467. The molecule has 0 bridgehead atoms. The van der Waals surface area contributed by atoms with E-state index in [1.54, 1.807) is 0 Å². The van der Waals surface area contributed by atoms with Gasteiger partial charge in [-0.1, -0.05) is 55.5 Å². The molecule has 3 rings (SSSR count). The molecule has 2 aromatic rings. The van der Waals surface area contributed by atoms with Crippen molar-refractivity contribution in [2.75, 3.05) is 19.6 Å². The number of hydrogen-bond donors (Lipinski definition) is 0. The summed E-state index contributed by atoms with van der Waals surface area (Å²) >= 11 is 0. The summed E-state index contributed by atoms with van der Waals surface area (Å²) in [6, 6.07) is 17.5. The predicted molar refractivity (Wildman–Crippen MR) is 100 cm³/mol. The van der Waals surface area contributed by atoms with Crippen LogP contribution in [0.3, 0.4) is 0 Å². The van der Waals surface area contributed by atoms with Gasteiger partial charge >= 0.3 is 0 Å². The van der Waals surface area contributed by atoms with E-state index in [4.69, 9.17) is 4.74 Å². The number of likely N-dealkylation sites (tertiary alicyclic amines) is 1. The number of rotatable bonds is 7. The van der Waals surface area contributed by atoms with Crippen molar-refractivity contribution >= 4 is 0 Å². The smallest absolute Gasteiger partial charge is 0.0721 e. The Hall–Kier alpha value is -1.64. The van der Waals surface area contributed by atoms with Gasteiger partial charge in [0.2, 0.25) is 0 Å². The van der Waals surface area contributed by atoms with Gasteiger partial charge in [-0.3, -0.25) is 0 Å². The molecular formula is C22H29NO. The Morgan fingerprint density at radius 2 is 1.92 bits per heavy atom. The maximum atomic E-state index is 6.17. The summed E-state index contributed by atoms with van der Waals surface area (Å²) in [5.41, 5.74) is 5.55. The van der Waals surface area contributed by atoms with Crippen molar-refractivity contribution in [2.45, 2.75) is 45.8 Å². The molecule has 2 heteroatoms. The number of ether oxygens (including phenoxy) is 1. The first-order valence-corrected chi connectivity index (χ1v) is 9.21. The van der Waals surface area contributed by atoms with Crippen LogP contribution in [0.5, 0.6) is 0 Å². The first-order valence-electron chi connectivity index (χ1n) is 9.21. The third-order valence-corrected chi connectivity index (χ3v) is 5.07. The van der Waals surface area contributed by atoms with Gasteiger partial charge in [-0.2, -0.15) is 0 Å². The molecule has 0 spiro atoms. The molecule has 24 heavy (non-hydrogen) atoms. The first-order chi connectivity index (χ1) is 11.7. The number of hydrogen-bond acceptors (Lipinski definition) is 2. The molecule has 2 nitrogen and oxygen atoms in total. The highest BCUT2D eigenvalue weighted by Gasteiger charge is 2.22. The van der Waals surface area contributed by atoms with Gasteiger partial charge < -0.3 is 9.64 Å². The molecule has 2 aromatic carbocycles. The molecule has 1 saturated heterocycles. The molecule has 0 aromatic heterocycles. The maximum absolute atomic E-state index is 6.17. The van der Waals surface area contributed by atoms with Gasteiger partial charge in [0, 0.05) is 19.6 Å². The fourth-order valence-electron chi connectivity index (χ4n) is 3.48. The standard InChI is InChI=1S/C22H29NO/c1-3-21-15-20(10-9-18(21)2)17-24-22-12-14-23(16-22)13-11-19-7-5-4-6-8-19/h4-10,15,22H,3,11-14,16-17H2,1-2H3. The van der Waals surface area contributed by atoms with Crippen LogP contribution in [-0.4, -0.2) is 30.6 Å². The summed E-state index contributed by atoms with van der Waals surface area (Å²) in [7, 11) is 0. The van der Waals surface area contributed by atoms with E-state index < -0.39 is 0 Å². The minimum Gasteiger partial charge on any atom is -0.372 e. The monoisotopic (exact) mass is 323 g/mol. The Balaban J connectivity index is 1.43. The highest BCUT2D eigenvalue weighted by atomic mass is 16.5. The summed E-state index contributed by atoms with van der Waals surface area (Å²) in [5, 5.41) is 0. The second-order valence-electron chi connectivity index (χ2n) is 6.87. The zero-order chi connectivity index (χ0) is 16.8. The minimum atomic E-state index is 0.382. The summed E-state index contributed by atoms with van der Waals surface area (Å²) < 4.78 is 6.17. The van der Waals surface area contributed by atoms with Crippen LogP contribution in [0.2, 0.25) is 0 Å². The van der Waals surface area contributed by atoms with Crippen molar-refractivity contribution < 1.29 is 4.74 Å². The average Bonchev–Trinajstić information content (AvgIpc) is 3.08. The number of aryl methyl sites for hydroxylation is 2. The second kappa shape index (κ2) is 8.46. The molecule has 1 unspecified atom stereocenters. The van der Waals surface area contributed by atoms with E-state index in [1.165, 1.54) is 22.3 Å². The van der Waals surface area contributed by atoms with Gasteiger partial charge in [0.15, 0.2) is 0 Å². The van der Waals surface area contributed by atoms with Crippen molar-refractivity contribution in [3.63, 3.8) is 0 Å². The first kappa shape index (κ1) is 17.2. The van der Waals surface area contributed by atoms with Crippen molar-refractivity contribution in [2.24, 2.45) is 0 Å². The molecular weight excluding hydrogens is 294 g/mol. The van der Waals surface area contributed by atoms with Crippen molar-refractivity contribution in [1.82, 2.24) is 4.90 Å². The van der Waals surface area contributed by atoms with Crippen molar-refractivity contribution in [1.29, 1.82) is 0 Å². The summed E-state index contributed by atoms with van der Waals surface area (Å²) in [6.07, 6.45) is 3.76. The average molecular weight is 323 g/mol. The van der Waals surface area contributed by atoms with Crippen LogP contribution < -0.4 is 0 Å². The Labute approximate surface area is 146 Å². The Kier molecular flexibility index (Phi) is 6.06. The molecule has 0 radical (unpaired) electrons. The topological polar surface area (TPSA) is 12.5 Å². The van der Waals surface area contributed by atoms with Crippen LogP contribution in [0.4, 0.5) is 0 Å². The number of benzene rings is 2. The van der Waals surface area contributed by atoms with Crippen LogP contribution in [0.1, 0.15) is 35.6 Å². The van der Waals surface area contributed by atoms with E-state index in [1.807, 2.05) is 0 Å². The van der Waals surface area contributed by atoms with E-state index in [-0.39, 0.29) is 0 Å². The van der Waals surface area contributed by atoms with E-state index in [9.17, 15) is 0 Å². The fraction of sp³-hybridized carbons (Fsp3) is 0.455. The van der Waals surface area contributed by atoms with Crippen LogP contribution in [-0.2, 0) is 24.2 Å². The van der Waals surface area contributed by atoms with Gasteiger partial charge in [0.25, 0.3) is 0 Å². The largest absolute Gasteiger partial charge is 0.372 e.